The van der Waals surface area contributed by atoms with Gasteiger partial charge in [0.2, 0.25) is 0 Å². The van der Waals surface area contributed by atoms with E-state index in [1.165, 1.54) is 6.07 Å². The number of hydrogen-bond donors (Lipinski definition) is 0. The fourth-order valence-electron chi connectivity index (χ4n) is 2.83. The summed E-state index contributed by atoms with van der Waals surface area (Å²) in [6.07, 6.45) is 9.05. The predicted octanol–water partition coefficient (Wildman–Crippen LogP) is 4.67. The summed E-state index contributed by atoms with van der Waals surface area (Å²) in [6.45, 7) is 7.82. The highest BCUT2D eigenvalue weighted by atomic mass is 32.2. The lowest BCUT2D eigenvalue weighted by molar-refractivity contribution is 0.283. The molecule has 130 valence electrons. The lowest BCUT2D eigenvalue weighted by Crippen LogP contribution is -2.48. The minimum Gasteiger partial charge on any atom is -0.597 e. The SMILES string of the molecule is C=C/C(=C\C=C/C)[C@H]1CC[C@H](C)N(Cc2cc(F)ccc2F)[S+]1[O-]. The molecule has 0 saturated carbocycles. The maximum atomic E-state index is 13.9. The quantitative estimate of drug-likeness (QED) is 0.569. The normalized spacial score (nSPS) is 26.0. The van der Waals surface area contributed by atoms with Gasteiger partial charge >= 0.3 is 0 Å². The first-order valence-electron chi connectivity index (χ1n) is 8.04. The molecule has 1 aliphatic heterocycles. The van der Waals surface area contributed by atoms with Crippen molar-refractivity contribution in [2.24, 2.45) is 0 Å². The monoisotopic (exact) mass is 351 g/mol. The van der Waals surface area contributed by atoms with Crippen molar-refractivity contribution in [3.8, 4) is 0 Å². The molecule has 1 heterocycles. The summed E-state index contributed by atoms with van der Waals surface area (Å²) in [7, 11) is 0. The zero-order valence-electron chi connectivity index (χ0n) is 14.0. The number of nitrogens with zero attached hydrogens (tertiary/aromatic N) is 1. The Kier molecular flexibility index (Phi) is 6.78. The van der Waals surface area contributed by atoms with Crippen molar-refractivity contribution < 1.29 is 13.3 Å². The van der Waals surface area contributed by atoms with Crippen LogP contribution in [0.3, 0.4) is 0 Å². The van der Waals surface area contributed by atoms with Crippen molar-refractivity contribution in [3.05, 3.63) is 71.9 Å². The van der Waals surface area contributed by atoms with Crippen molar-refractivity contribution >= 4 is 11.4 Å². The van der Waals surface area contributed by atoms with Gasteiger partial charge in [0.15, 0.2) is 5.25 Å². The van der Waals surface area contributed by atoms with Gasteiger partial charge in [0.05, 0.1) is 12.6 Å². The molecule has 2 rings (SSSR count). The predicted molar refractivity (Wildman–Crippen MR) is 95.6 cm³/mol. The molecule has 2 nitrogen and oxygen atoms in total. The molecule has 1 aromatic rings. The van der Waals surface area contributed by atoms with E-state index in [4.69, 9.17) is 0 Å². The molecule has 5 heteroatoms. The molecule has 1 unspecified atom stereocenters. The lowest BCUT2D eigenvalue weighted by atomic mass is 10.0. The lowest BCUT2D eigenvalue weighted by Gasteiger charge is -2.39. The first-order chi connectivity index (χ1) is 11.5. The van der Waals surface area contributed by atoms with Gasteiger partial charge < -0.3 is 4.55 Å². The second-order valence-corrected chi connectivity index (χ2v) is 7.49. The molecule has 3 atom stereocenters. The molecule has 1 saturated heterocycles. The summed E-state index contributed by atoms with van der Waals surface area (Å²) in [4.78, 5) is 0. The molecular weight excluding hydrogens is 328 g/mol. The molecule has 1 fully saturated rings. The van der Waals surface area contributed by atoms with E-state index in [-0.39, 0.29) is 23.4 Å². The van der Waals surface area contributed by atoms with Gasteiger partial charge in [-0.05, 0) is 38.5 Å². The second-order valence-electron chi connectivity index (χ2n) is 5.90. The molecule has 0 amide bonds. The maximum absolute atomic E-state index is 13.9. The van der Waals surface area contributed by atoms with Gasteiger partial charge in [-0.2, -0.15) is 0 Å². The zero-order valence-corrected chi connectivity index (χ0v) is 14.9. The van der Waals surface area contributed by atoms with E-state index >= 15 is 0 Å². The van der Waals surface area contributed by atoms with Crippen LogP contribution in [0, 0.1) is 11.6 Å². The number of halogens is 2. The standard InChI is InChI=1S/C19H23F2NOS/c1-4-6-7-15(5-2)19-11-8-14(3)22(24(19)23)13-16-12-17(20)9-10-18(16)21/h4-7,9-10,12,14,19H,2,8,11,13H2,1,3H3/b6-4-,15-7+/t14-,19+,24?/m0/s1. The minimum absolute atomic E-state index is 0.0394. The van der Waals surface area contributed by atoms with E-state index < -0.39 is 23.0 Å². The minimum atomic E-state index is -1.32. The Bertz CT molecular complexity index is 644. The van der Waals surface area contributed by atoms with Crippen LogP contribution >= 0.6 is 0 Å². The Balaban J connectivity index is 2.25. The Morgan fingerprint density at radius 1 is 1.42 bits per heavy atom. The molecule has 24 heavy (non-hydrogen) atoms. The van der Waals surface area contributed by atoms with Crippen molar-refractivity contribution in [1.82, 2.24) is 4.31 Å². The topological polar surface area (TPSA) is 26.3 Å². The Labute approximate surface area is 145 Å². The summed E-state index contributed by atoms with van der Waals surface area (Å²) >= 11 is -1.32. The maximum Gasteiger partial charge on any atom is 0.160 e. The smallest absolute Gasteiger partial charge is 0.160 e. The van der Waals surface area contributed by atoms with Gasteiger partial charge in [-0.25, -0.2) is 8.78 Å². The number of benzene rings is 1. The molecule has 0 aromatic heterocycles. The molecule has 0 bridgehead atoms. The van der Waals surface area contributed by atoms with Crippen LogP contribution in [0.15, 0.2) is 54.7 Å². The van der Waals surface area contributed by atoms with Crippen LogP contribution in [0.4, 0.5) is 8.78 Å². The Hall–Kier alpha value is -1.43. The first kappa shape index (κ1) is 18.9. The van der Waals surface area contributed by atoms with Crippen LogP contribution in [-0.2, 0) is 17.9 Å². The van der Waals surface area contributed by atoms with Gasteiger partial charge in [-0.3, -0.25) is 0 Å². The van der Waals surface area contributed by atoms with Gasteiger partial charge in [0.25, 0.3) is 0 Å². The van der Waals surface area contributed by atoms with E-state index in [9.17, 15) is 13.3 Å². The number of hydrogen-bond acceptors (Lipinski definition) is 2. The summed E-state index contributed by atoms with van der Waals surface area (Å²) in [6, 6.07) is 3.42. The van der Waals surface area contributed by atoms with Crippen molar-refractivity contribution in [2.75, 3.05) is 0 Å². The highest BCUT2D eigenvalue weighted by Crippen LogP contribution is 2.32. The Morgan fingerprint density at radius 2 is 2.17 bits per heavy atom. The largest absolute Gasteiger partial charge is 0.597 e. The molecule has 0 radical (unpaired) electrons. The van der Waals surface area contributed by atoms with Crippen molar-refractivity contribution in [2.45, 2.75) is 44.5 Å². The summed E-state index contributed by atoms with van der Waals surface area (Å²) in [5.74, 6) is -0.964. The average molecular weight is 351 g/mol. The van der Waals surface area contributed by atoms with Gasteiger partial charge in [0.1, 0.15) is 11.6 Å². The van der Waals surface area contributed by atoms with E-state index in [0.29, 0.717) is 0 Å². The fourth-order valence-corrected chi connectivity index (χ4v) is 4.63. The third kappa shape index (κ3) is 4.35. The molecule has 0 spiro atoms. The first-order valence-corrected chi connectivity index (χ1v) is 9.21. The van der Waals surface area contributed by atoms with Crippen LogP contribution in [-0.4, -0.2) is 20.1 Å². The van der Waals surface area contributed by atoms with Gasteiger partial charge in [-0.15, -0.1) is 4.31 Å². The van der Waals surface area contributed by atoms with Gasteiger partial charge in [-0.1, -0.05) is 30.9 Å². The van der Waals surface area contributed by atoms with Gasteiger partial charge in [0, 0.05) is 28.9 Å². The van der Waals surface area contributed by atoms with Crippen LogP contribution < -0.4 is 0 Å². The highest BCUT2D eigenvalue weighted by molar-refractivity contribution is 7.90. The van der Waals surface area contributed by atoms with Crippen LogP contribution in [0.5, 0.6) is 0 Å². The van der Waals surface area contributed by atoms with E-state index in [1.54, 1.807) is 10.4 Å². The van der Waals surface area contributed by atoms with Crippen molar-refractivity contribution in [3.63, 3.8) is 0 Å². The molecule has 0 aliphatic carbocycles. The fraction of sp³-hybridized carbons (Fsp3) is 0.368. The molecule has 1 aromatic carbocycles. The highest BCUT2D eigenvalue weighted by Gasteiger charge is 2.40. The number of allylic oxidation sites excluding steroid dienone is 4. The summed E-state index contributed by atoms with van der Waals surface area (Å²) in [5, 5.41) is -0.175. The molecular formula is C19H23F2NOS. The van der Waals surface area contributed by atoms with E-state index in [2.05, 4.69) is 6.58 Å². The molecule has 1 aliphatic rings. The molecule has 0 N–H and O–H groups in total. The second kappa shape index (κ2) is 8.60. The number of rotatable bonds is 5. The average Bonchev–Trinajstić information content (AvgIpc) is 2.56. The van der Waals surface area contributed by atoms with E-state index in [1.807, 2.05) is 32.1 Å². The Morgan fingerprint density at radius 3 is 2.83 bits per heavy atom. The van der Waals surface area contributed by atoms with Crippen LogP contribution in [0.25, 0.3) is 0 Å². The van der Waals surface area contributed by atoms with Crippen LogP contribution in [0.1, 0.15) is 32.3 Å². The van der Waals surface area contributed by atoms with E-state index in [0.717, 1.165) is 30.5 Å². The summed E-state index contributed by atoms with van der Waals surface area (Å²) < 4.78 is 42.1. The zero-order chi connectivity index (χ0) is 17.7. The summed E-state index contributed by atoms with van der Waals surface area (Å²) in [5.41, 5.74) is 1.14. The van der Waals surface area contributed by atoms with Crippen molar-refractivity contribution in [1.29, 1.82) is 0 Å². The third-order valence-electron chi connectivity index (χ3n) is 4.24. The third-order valence-corrected chi connectivity index (χ3v) is 6.18. The van der Waals surface area contributed by atoms with Crippen LogP contribution in [0.2, 0.25) is 0 Å².